The van der Waals surface area contributed by atoms with Crippen LogP contribution < -0.4 is 5.32 Å². The van der Waals surface area contributed by atoms with E-state index < -0.39 is 0 Å². The van der Waals surface area contributed by atoms with Crippen LogP contribution in [0.25, 0.3) is 11.1 Å². The molecule has 1 nitrogen and oxygen atoms in total. The number of halogens is 2. The molecule has 0 aliphatic heterocycles. The number of hydrogen-bond acceptors (Lipinski definition) is 1. The molecule has 0 unspecified atom stereocenters. The van der Waals surface area contributed by atoms with Gasteiger partial charge >= 0.3 is 0 Å². The normalized spacial score (nSPS) is 10.8. The molecule has 0 heterocycles. The summed E-state index contributed by atoms with van der Waals surface area (Å²) in [7, 11) is 0. The SMILES string of the molecule is CCCNCc1ccc(C)c(-c2cc(F)ccc2Cl)c1. The Labute approximate surface area is 124 Å². The van der Waals surface area contributed by atoms with Gasteiger partial charge in [0.2, 0.25) is 0 Å². The Morgan fingerprint density at radius 1 is 1.10 bits per heavy atom. The Morgan fingerprint density at radius 3 is 2.65 bits per heavy atom. The maximum Gasteiger partial charge on any atom is 0.123 e. The zero-order chi connectivity index (χ0) is 14.5. The van der Waals surface area contributed by atoms with Gasteiger partial charge in [0, 0.05) is 17.1 Å². The Morgan fingerprint density at radius 2 is 1.90 bits per heavy atom. The van der Waals surface area contributed by atoms with E-state index in [9.17, 15) is 4.39 Å². The van der Waals surface area contributed by atoms with E-state index in [1.54, 1.807) is 6.07 Å². The first kappa shape index (κ1) is 15.0. The molecule has 1 N–H and O–H groups in total. The minimum absolute atomic E-state index is 0.265. The van der Waals surface area contributed by atoms with Gasteiger partial charge in [-0.15, -0.1) is 0 Å². The average molecular weight is 292 g/mol. The molecule has 0 saturated heterocycles. The molecule has 0 aliphatic carbocycles. The van der Waals surface area contributed by atoms with E-state index in [1.165, 1.54) is 17.7 Å². The van der Waals surface area contributed by atoms with Gasteiger partial charge in [-0.05, 0) is 60.8 Å². The highest BCUT2D eigenvalue weighted by atomic mass is 35.5. The molecule has 0 saturated carbocycles. The molecule has 0 aromatic heterocycles. The average Bonchev–Trinajstić information content (AvgIpc) is 2.44. The lowest BCUT2D eigenvalue weighted by Gasteiger charge is -2.11. The fourth-order valence-electron chi connectivity index (χ4n) is 2.18. The van der Waals surface area contributed by atoms with Gasteiger partial charge in [-0.3, -0.25) is 0 Å². The van der Waals surface area contributed by atoms with Crippen molar-refractivity contribution < 1.29 is 4.39 Å². The molecule has 106 valence electrons. The third-order valence-electron chi connectivity index (χ3n) is 3.28. The molecule has 0 bridgehead atoms. The standard InChI is InChI=1S/C17H19ClFN/c1-3-8-20-11-13-5-4-12(2)15(9-13)16-10-14(19)6-7-17(16)18/h4-7,9-10,20H,3,8,11H2,1-2H3. The van der Waals surface area contributed by atoms with Crippen LogP contribution >= 0.6 is 11.6 Å². The van der Waals surface area contributed by atoms with E-state index >= 15 is 0 Å². The summed E-state index contributed by atoms with van der Waals surface area (Å²) in [5, 5.41) is 3.95. The van der Waals surface area contributed by atoms with Crippen LogP contribution in [0.15, 0.2) is 36.4 Å². The van der Waals surface area contributed by atoms with Crippen molar-refractivity contribution in [1.29, 1.82) is 0 Å². The number of aryl methyl sites for hydroxylation is 1. The fourth-order valence-corrected chi connectivity index (χ4v) is 2.40. The van der Waals surface area contributed by atoms with Crippen molar-refractivity contribution >= 4 is 11.6 Å². The maximum absolute atomic E-state index is 13.4. The molecule has 20 heavy (non-hydrogen) atoms. The fraction of sp³-hybridized carbons (Fsp3) is 0.294. The summed E-state index contributed by atoms with van der Waals surface area (Å²) in [6.07, 6.45) is 1.11. The predicted octanol–water partition coefficient (Wildman–Crippen LogP) is 4.95. The van der Waals surface area contributed by atoms with Crippen molar-refractivity contribution in [3.05, 3.63) is 58.4 Å². The van der Waals surface area contributed by atoms with Crippen molar-refractivity contribution in [3.63, 3.8) is 0 Å². The van der Waals surface area contributed by atoms with Gasteiger partial charge in [0.05, 0.1) is 0 Å². The lowest BCUT2D eigenvalue weighted by molar-refractivity contribution is 0.628. The molecule has 0 atom stereocenters. The van der Waals surface area contributed by atoms with Crippen molar-refractivity contribution in [2.45, 2.75) is 26.8 Å². The summed E-state index contributed by atoms with van der Waals surface area (Å²) in [6, 6.07) is 10.7. The summed E-state index contributed by atoms with van der Waals surface area (Å²) in [5.74, 6) is -0.265. The number of rotatable bonds is 5. The summed E-state index contributed by atoms with van der Waals surface area (Å²) >= 11 is 6.20. The summed E-state index contributed by atoms with van der Waals surface area (Å²) < 4.78 is 13.4. The van der Waals surface area contributed by atoms with Crippen LogP contribution in [0.5, 0.6) is 0 Å². The smallest absolute Gasteiger partial charge is 0.123 e. The van der Waals surface area contributed by atoms with E-state index in [2.05, 4.69) is 30.4 Å². The first-order valence-electron chi connectivity index (χ1n) is 6.87. The van der Waals surface area contributed by atoms with Crippen molar-refractivity contribution in [1.82, 2.24) is 5.32 Å². The van der Waals surface area contributed by atoms with Crippen LogP contribution in [-0.4, -0.2) is 6.54 Å². The lowest BCUT2D eigenvalue weighted by atomic mass is 9.98. The van der Waals surface area contributed by atoms with E-state index in [1.807, 2.05) is 6.92 Å². The number of benzene rings is 2. The van der Waals surface area contributed by atoms with E-state index in [0.717, 1.165) is 36.2 Å². The number of hydrogen-bond donors (Lipinski definition) is 1. The molecular formula is C17H19ClFN. The third-order valence-corrected chi connectivity index (χ3v) is 3.61. The largest absolute Gasteiger partial charge is 0.313 e. The predicted molar refractivity (Wildman–Crippen MR) is 83.6 cm³/mol. The quantitative estimate of drug-likeness (QED) is 0.768. The highest BCUT2D eigenvalue weighted by Gasteiger charge is 2.09. The van der Waals surface area contributed by atoms with Crippen LogP contribution in [-0.2, 0) is 6.54 Å². The van der Waals surface area contributed by atoms with E-state index in [-0.39, 0.29) is 5.82 Å². The maximum atomic E-state index is 13.4. The second-order valence-corrected chi connectivity index (χ2v) is 5.36. The Kier molecular flexibility index (Phi) is 5.16. The highest BCUT2D eigenvalue weighted by Crippen LogP contribution is 2.31. The monoisotopic (exact) mass is 291 g/mol. The van der Waals surface area contributed by atoms with Gasteiger partial charge in [0.1, 0.15) is 5.82 Å². The van der Waals surface area contributed by atoms with E-state index in [0.29, 0.717) is 5.02 Å². The van der Waals surface area contributed by atoms with Gasteiger partial charge in [0.15, 0.2) is 0 Å². The Hall–Kier alpha value is -1.38. The van der Waals surface area contributed by atoms with Crippen LogP contribution in [0.2, 0.25) is 5.02 Å². The molecule has 2 rings (SSSR count). The van der Waals surface area contributed by atoms with Crippen molar-refractivity contribution in [2.24, 2.45) is 0 Å². The van der Waals surface area contributed by atoms with Gasteiger partial charge in [-0.2, -0.15) is 0 Å². The number of nitrogens with one attached hydrogen (secondary N) is 1. The third kappa shape index (κ3) is 3.59. The van der Waals surface area contributed by atoms with Crippen LogP contribution in [0.3, 0.4) is 0 Å². The molecular weight excluding hydrogens is 273 g/mol. The second kappa shape index (κ2) is 6.87. The lowest BCUT2D eigenvalue weighted by Crippen LogP contribution is -2.13. The Bertz CT molecular complexity index is 596. The molecule has 0 spiro atoms. The van der Waals surface area contributed by atoms with E-state index in [4.69, 9.17) is 11.6 Å². The highest BCUT2D eigenvalue weighted by molar-refractivity contribution is 6.33. The summed E-state index contributed by atoms with van der Waals surface area (Å²) in [5.41, 5.74) is 4.02. The molecule has 0 amide bonds. The minimum Gasteiger partial charge on any atom is -0.313 e. The second-order valence-electron chi connectivity index (χ2n) is 4.95. The van der Waals surface area contributed by atoms with Crippen LogP contribution in [0, 0.1) is 12.7 Å². The zero-order valence-electron chi connectivity index (χ0n) is 11.8. The Balaban J connectivity index is 2.35. The van der Waals surface area contributed by atoms with Gasteiger partial charge in [0.25, 0.3) is 0 Å². The first-order valence-corrected chi connectivity index (χ1v) is 7.25. The molecule has 0 aliphatic rings. The van der Waals surface area contributed by atoms with Gasteiger partial charge < -0.3 is 5.32 Å². The minimum atomic E-state index is -0.265. The zero-order valence-corrected chi connectivity index (χ0v) is 12.6. The first-order chi connectivity index (χ1) is 9.61. The van der Waals surface area contributed by atoms with Gasteiger partial charge in [-0.1, -0.05) is 30.7 Å². The molecule has 0 radical (unpaired) electrons. The van der Waals surface area contributed by atoms with Crippen LogP contribution in [0.1, 0.15) is 24.5 Å². The van der Waals surface area contributed by atoms with Crippen molar-refractivity contribution in [3.8, 4) is 11.1 Å². The van der Waals surface area contributed by atoms with Crippen molar-refractivity contribution in [2.75, 3.05) is 6.54 Å². The summed E-state index contributed by atoms with van der Waals surface area (Å²) in [6.45, 7) is 5.96. The molecule has 3 heteroatoms. The summed E-state index contributed by atoms with van der Waals surface area (Å²) in [4.78, 5) is 0. The van der Waals surface area contributed by atoms with Gasteiger partial charge in [-0.25, -0.2) is 4.39 Å². The molecule has 0 fully saturated rings. The molecule has 2 aromatic carbocycles. The topological polar surface area (TPSA) is 12.0 Å². The van der Waals surface area contributed by atoms with Crippen LogP contribution in [0.4, 0.5) is 4.39 Å². The molecule has 2 aromatic rings.